The average molecular weight is 257 g/mol. The van der Waals surface area contributed by atoms with Gasteiger partial charge in [0.25, 0.3) is 0 Å². The lowest BCUT2D eigenvalue weighted by atomic mass is 10.0. The van der Waals surface area contributed by atoms with Crippen LogP contribution in [0.5, 0.6) is 0 Å². The van der Waals surface area contributed by atoms with Gasteiger partial charge in [0.1, 0.15) is 5.82 Å². The van der Waals surface area contributed by atoms with Crippen molar-refractivity contribution in [3.8, 4) is 0 Å². The van der Waals surface area contributed by atoms with E-state index in [1.807, 2.05) is 6.92 Å². The van der Waals surface area contributed by atoms with Crippen LogP contribution in [-0.2, 0) is 10.8 Å². The van der Waals surface area contributed by atoms with Crippen LogP contribution in [0.15, 0.2) is 24.3 Å². The Kier molecular flexibility index (Phi) is 5.78. The van der Waals surface area contributed by atoms with Crippen LogP contribution in [0.3, 0.4) is 0 Å². The van der Waals surface area contributed by atoms with Crippen LogP contribution in [0.4, 0.5) is 4.39 Å². The summed E-state index contributed by atoms with van der Waals surface area (Å²) >= 11 is 0. The predicted molar refractivity (Wildman–Crippen MR) is 71.0 cm³/mol. The molecule has 0 saturated carbocycles. The Hall–Kier alpha value is -0.740. The first-order valence-electron chi connectivity index (χ1n) is 5.85. The largest absolute Gasteiger partial charge is 0.309 e. The second-order valence-electron chi connectivity index (χ2n) is 4.23. The van der Waals surface area contributed by atoms with E-state index in [4.69, 9.17) is 0 Å². The van der Waals surface area contributed by atoms with Gasteiger partial charge in [-0.25, -0.2) is 4.39 Å². The topological polar surface area (TPSA) is 29.1 Å². The minimum absolute atomic E-state index is 0.129. The third-order valence-corrected chi connectivity index (χ3v) is 4.20. The molecule has 1 N–H and O–H groups in total. The van der Waals surface area contributed by atoms with Crippen LogP contribution in [0.1, 0.15) is 31.9 Å². The van der Waals surface area contributed by atoms with Crippen molar-refractivity contribution in [3.05, 3.63) is 35.6 Å². The fourth-order valence-corrected chi connectivity index (χ4v) is 1.95. The molecular formula is C13H20FNOS. The van der Waals surface area contributed by atoms with E-state index in [1.165, 1.54) is 12.1 Å². The van der Waals surface area contributed by atoms with Crippen molar-refractivity contribution >= 4 is 10.8 Å². The van der Waals surface area contributed by atoms with Crippen molar-refractivity contribution in [2.45, 2.75) is 31.6 Å². The maximum atomic E-state index is 12.8. The van der Waals surface area contributed by atoms with Crippen LogP contribution in [0.2, 0.25) is 0 Å². The van der Waals surface area contributed by atoms with Gasteiger partial charge in [0.15, 0.2) is 0 Å². The molecule has 2 nitrogen and oxygen atoms in total. The van der Waals surface area contributed by atoms with Gasteiger partial charge < -0.3 is 5.32 Å². The van der Waals surface area contributed by atoms with E-state index >= 15 is 0 Å². The molecule has 1 rings (SSSR count). The molecule has 3 unspecified atom stereocenters. The highest BCUT2D eigenvalue weighted by atomic mass is 32.2. The molecule has 0 fully saturated rings. The summed E-state index contributed by atoms with van der Waals surface area (Å²) in [6.07, 6.45) is 2.64. The first-order valence-corrected chi connectivity index (χ1v) is 7.47. The molecule has 1 aromatic carbocycles. The standard InChI is InChI=1S/C13H20FNOS/c1-4-13(15-9-10(2)17(3)16)11-5-7-12(14)8-6-11/h5-8,10,13,15H,4,9H2,1-3H3. The van der Waals surface area contributed by atoms with Gasteiger partial charge in [0, 0.05) is 34.9 Å². The van der Waals surface area contributed by atoms with E-state index in [0.29, 0.717) is 6.54 Å². The molecule has 0 saturated heterocycles. The summed E-state index contributed by atoms with van der Waals surface area (Å²) in [5, 5.41) is 3.50. The minimum atomic E-state index is -0.811. The number of hydrogen-bond donors (Lipinski definition) is 1. The number of nitrogens with one attached hydrogen (secondary N) is 1. The van der Waals surface area contributed by atoms with Crippen LogP contribution < -0.4 is 5.32 Å². The fourth-order valence-electron chi connectivity index (χ4n) is 1.62. The highest BCUT2D eigenvalue weighted by Gasteiger charge is 2.12. The molecule has 0 amide bonds. The van der Waals surface area contributed by atoms with Crippen molar-refractivity contribution in [3.63, 3.8) is 0 Å². The summed E-state index contributed by atoms with van der Waals surface area (Å²) in [6.45, 7) is 4.74. The molecule has 96 valence electrons. The van der Waals surface area contributed by atoms with Crippen molar-refractivity contribution in [2.75, 3.05) is 12.8 Å². The first kappa shape index (κ1) is 14.3. The van der Waals surface area contributed by atoms with Gasteiger partial charge in [0.05, 0.1) is 0 Å². The molecular weight excluding hydrogens is 237 g/mol. The zero-order valence-corrected chi connectivity index (χ0v) is 11.4. The Morgan fingerprint density at radius 1 is 1.35 bits per heavy atom. The Morgan fingerprint density at radius 3 is 2.41 bits per heavy atom. The SMILES string of the molecule is CCC(NCC(C)S(C)=O)c1ccc(F)cc1. The molecule has 0 heterocycles. The van der Waals surface area contributed by atoms with Crippen LogP contribution in [-0.4, -0.2) is 22.3 Å². The van der Waals surface area contributed by atoms with Crippen molar-refractivity contribution in [1.82, 2.24) is 5.32 Å². The van der Waals surface area contributed by atoms with E-state index in [0.717, 1.165) is 12.0 Å². The zero-order valence-electron chi connectivity index (χ0n) is 10.6. The lowest BCUT2D eigenvalue weighted by Crippen LogP contribution is -2.30. The van der Waals surface area contributed by atoms with Crippen LogP contribution >= 0.6 is 0 Å². The molecule has 0 spiro atoms. The van der Waals surface area contributed by atoms with E-state index in [9.17, 15) is 8.60 Å². The maximum absolute atomic E-state index is 12.8. The van der Waals surface area contributed by atoms with E-state index in [2.05, 4.69) is 12.2 Å². The van der Waals surface area contributed by atoms with Gasteiger partial charge in [0.2, 0.25) is 0 Å². The Morgan fingerprint density at radius 2 is 1.94 bits per heavy atom. The normalized spacial score (nSPS) is 16.5. The average Bonchev–Trinajstić information content (AvgIpc) is 2.31. The van der Waals surface area contributed by atoms with Gasteiger partial charge in [-0.3, -0.25) is 4.21 Å². The molecule has 0 bridgehead atoms. The lowest BCUT2D eigenvalue weighted by molar-refractivity contribution is 0.517. The summed E-state index contributed by atoms with van der Waals surface area (Å²) in [4.78, 5) is 0. The predicted octanol–water partition coefficient (Wildman–Crippen LogP) is 2.63. The van der Waals surface area contributed by atoms with Gasteiger partial charge >= 0.3 is 0 Å². The summed E-state index contributed by atoms with van der Waals surface area (Å²) < 4.78 is 24.1. The van der Waals surface area contributed by atoms with Crippen LogP contribution in [0.25, 0.3) is 0 Å². The maximum Gasteiger partial charge on any atom is 0.123 e. The second-order valence-corrected chi connectivity index (χ2v) is 6.03. The Bertz CT molecular complexity index is 366. The number of hydrogen-bond acceptors (Lipinski definition) is 2. The van der Waals surface area contributed by atoms with E-state index < -0.39 is 10.8 Å². The number of rotatable bonds is 6. The number of benzene rings is 1. The number of halogens is 1. The van der Waals surface area contributed by atoms with Crippen molar-refractivity contribution in [1.29, 1.82) is 0 Å². The molecule has 17 heavy (non-hydrogen) atoms. The molecule has 0 aliphatic heterocycles. The van der Waals surface area contributed by atoms with Gasteiger partial charge in [-0.15, -0.1) is 0 Å². The molecule has 0 aliphatic rings. The lowest BCUT2D eigenvalue weighted by Gasteiger charge is -2.19. The molecule has 4 heteroatoms. The Labute approximate surface area is 105 Å². The third-order valence-electron chi connectivity index (χ3n) is 2.90. The highest BCUT2D eigenvalue weighted by Crippen LogP contribution is 2.16. The van der Waals surface area contributed by atoms with Crippen molar-refractivity contribution in [2.24, 2.45) is 0 Å². The van der Waals surface area contributed by atoms with Crippen molar-refractivity contribution < 1.29 is 8.60 Å². The Balaban J connectivity index is 2.60. The first-order chi connectivity index (χ1) is 8.04. The third kappa shape index (κ3) is 4.56. The summed E-state index contributed by atoms with van der Waals surface area (Å²) in [7, 11) is -0.811. The van der Waals surface area contributed by atoms with Gasteiger partial charge in [-0.2, -0.15) is 0 Å². The quantitative estimate of drug-likeness (QED) is 0.849. The van der Waals surface area contributed by atoms with Gasteiger partial charge in [-0.1, -0.05) is 19.1 Å². The second kappa shape index (κ2) is 6.87. The monoisotopic (exact) mass is 257 g/mol. The smallest absolute Gasteiger partial charge is 0.123 e. The van der Waals surface area contributed by atoms with E-state index in [1.54, 1.807) is 18.4 Å². The van der Waals surface area contributed by atoms with Crippen LogP contribution in [0, 0.1) is 5.82 Å². The molecule has 0 radical (unpaired) electrons. The van der Waals surface area contributed by atoms with E-state index in [-0.39, 0.29) is 17.1 Å². The summed E-state index contributed by atoms with van der Waals surface area (Å²) in [6, 6.07) is 6.73. The zero-order chi connectivity index (χ0) is 12.8. The molecule has 3 atom stereocenters. The highest BCUT2D eigenvalue weighted by molar-refractivity contribution is 7.84. The molecule has 1 aromatic rings. The molecule has 0 aliphatic carbocycles. The summed E-state index contributed by atoms with van der Waals surface area (Å²) in [5.41, 5.74) is 1.07. The molecule has 0 aromatic heterocycles. The minimum Gasteiger partial charge on any atom is -0.309 e. The fraction of sp³-hybridized carbons (Fsp3) is 0.538. The summed E-state index contributed by atoms with van der Waals surface area (Å²) in [5.74, 6) is -0.216. The van der Waals surface area contributed by atoms with Gasteiger partial charge in [-0.05, 0) is 31.0 Å².